The minimum atomic E-state index is 0.558. The number of aryl methyl sites for hydroxylation is 2. The molecule has 0 radical (unpaired) electrons. The highest BCUT2D eigenvalue weighted by molar-refractivity contribution is 5.77. The quantitative estimate of drug-likeness (QED) is 0.474. The number of hydrogen-bond donors (Lipinski definition) is 1. The first-order valence-corrected chi connectivity index (χ1v) is 9.25. The van der Waals surface area contributed by atoms with E-state index in [2.05, 4.69) is 34.4 Å². The van der Waals surface area contributed by atoms with Crippen molar-refractivity contribution in [3.8, 4) is 34.3 Å². The number of fused-ring (bicyclic) bond motifs is 5. The molecule has 0 spiro atoms. The fraction of sp³-hybridized carbons (Fsp3) is 0.238. The first kappa shape index (κ1) is 18.7. The zero-order valence-corrected chi connectivity index (χ0v) is 16.6. The number of imidazole rings is 1. The monoisotopic (exact) mass is 390 g/mol. The maximum absolute atomic E-state index is 5.70. The molecule has 1 aliphatic rings. The molecule has 148 valence electrons. The summed E-state index contributed by atoms with van der Waals surface area (Å²) in [5.41, 5.74) is 6.87. The summed E-state index contributed by atoms with van der Waals surface area (Å²) in [7, 11) is 3.61. The fourth-order valence-corrected chi connectivity index (χ4v) is 3.62. The van der Waals surface area contributed by atoms with Gasteiger partial charge in [-0.05, 0) is 31.3 Å². The molecule has 0 saturated carbocycles. The van der Waals surface area contributed by atoms with Crippen molar-refractivity contribution in [3.05, 3.63) is 53.9 Å². The van der Waals surface area contributed by atoms with E-state index in [0.717, 1.165) is 51.8 Å². The Labute approximate surface area is 168 Å². The van der Waals surface area contributed by atoms with Gasteiger partial charge in [-0.2, -0.15) is 5.10 Å². The second-order valence-corrected chi connectivity index (χ2v) is 6.64. The van der Waals surface area contributed by atoms with Crippen molar-refractivity contribution in [3.63, 3.8) is 0 Å². The van der Waals surface area contributed by atoms with Crippen LogP contribution in [0.2, 0.25) is 0 Å². The van der Waals surface area contributed by atoms with E-state index in [-0.39, 0.29) is 0 Å². The summed E-state index contributed by atoms with van der Waals surface area (Å²) in [5.74, 6) is 1.36. The van der Waals surface area contributed by atoms with Crippen LogP contribution in [0, 0.1) is 5.41 Å². The molecule has 5 rings (SSSR count). The van der Waals surface area contributed by atoms with Gasteiger partial charge in [-0.1, -0.05) is 6.92 Å². The van der Waals surface area contributed by atoms with E-state index in [1.807, 2.05) is 36.3 Å². The topological polar surface area (TPSA) is 94.8 Å². The molecule has 0 fully saturated rings. The number of methoxy groups -OCH3 is 1. The SMILES string of the molecule is C=N.CCc1coc(-c2ncn3c2Cc2cn(C)nc2-c2cc(OC)ccc2-3)n1. The van der Waals surface area contributed by atoms with E-state index in [1.165, 1.54) is 0 Å². The third kappa shape index (κ3) is 3.02. The summed E-state index contributed by atoms with van der Waals surface area (Å²) in [6.45, 7) is 4.56. The van der Waals surface area contributed by atoms with Crippen LogP contribution in [0.5, 0.6) is 5.75 Å². The number of nitrogens with one attached hydrogen (secondary N) is 1. The van der Waals surface area contributed by atoms with Crippen LogP contribution in [0.4, 0.5) is 0 Å². The first-order chi connectivity index (χ1) is 14.2. The van der Waals surface area contributed by atoms with Crippen LogP contribution in [0.25, 0.3) is 28.5 Å². The summed E-state index contributed by atoms with van der Waals surface area (Å²) in [5, 5.41) is 10.2. The Kier molecular flexibility index (Phi) is 4.75. The minimum absolute atomic E-state index is 0.558. The lowest BCUT2D eigenvalue weighted by Gasteiger charge is -2.11. The van der Waals surface area contributed by atoms with Crippen LogP contribution >= 0.6 is 0 Å². The molecule has 0 saturated heterocycles. The molecule has 3 aromatic heterocycles. The molecule has 4 heterocycles. The zero-order valence-electron chi connectivity index (χ0n) is 16.6. The number of hydrogen-bond acceptors (Lipinski definition) is 6. The number of rotatable bonds is 3. The van der Waals surface area contributed by atoms with Crippen LogP contribution < -0.4 is 4.74 Å². The highest BCUT2D eigenvalue weighted by atomic mass is 16.5. The van der Waals surface area contributed by atoms with Gasteiger partial charge in [-0.3, -0.25) is 4.68 Å². The van der Waals surface area contributed by atoms with Gasteiger partial charge in [0.05, 0.1) is 29.9 Å². The highest BCUT2D eigenvalue weighted by Gasteiger charge is 2.27. The lowest BCUT2D eigenvalue weighted by atomic mass is 10.0. The van der Waals surface area contributed by atoms with E-state index in [0.29, 0.717) is 12.3 Å². The van der Waals surface area contributed by atoms with Gasteiger partial charge in [0.15, 0.2) is 0 Å². The molecule has 0 aliphatic carbocycles. The largest absolute Gasteiger partial charge is 0.497 e. The Hall–Kier alpha value is -3.68. The van der Waals surface area contributed by atoms with E-state index in [4.69, 9.17) is 19.7 Å². The standard InChI is InChI=1S/C20H19N5O2.CH3N/c1-4-13-10-27-20(22-13)19-17-7-12-9-24(2)23-18(12)15-8-14(26-3)5-6-16(15)25(17)11-21-19;1-2/h5-6,8-11H,4,7H2,1-3H3;2H,1H2. The van der Waals surface area contributed by atoms with Crippen molar-refractivity contribution in [2.75, 3.05) is 7.11 Å². The van der Waals surface area contributed by atoms with E-state index in [1.54, 1.807) is 13.4 Å². The molecule has 0 amide bonds. The molecule has 0 unspecified atom stereocenters. The van der Waals surface area contributed by atoms with Crippen molar-refractivity contribution in [2.24, 2.45) is 7.05 Å². The van der Waals surface area contributed by atoms with Crippen LogP contribution in [-0.4, -0.2) is 38.1 Å². The molecular formula is C21H22N6O2. The third-order valence-corrected chi connectivity index (χ3v) is 4.96. The summed E-state index contributed by atoms with van der Waals surface area (Å²) >= 11 is 0. The van der Waals surface area contributed by atoms with Crippen LogP contribution in [0.3, 0.4) is 0 Å². The summed E-state index contributed by atoms with van der Waals surface area (Å²) in [4.78, 5) is 9.20. The summed E-state index contributed by atoms with van der Waals surface area (Å²) in [6, 6.07) is 6.02. The molecule has 0 atom stereocenters. The molecule has 1 aromatic carbocycles. The molecule has 0 bridgehead atoms. The average molecular weight is 390 g/mol. The Morgan fingerprint density at radius 1 is 1.28 bits per heavy atom. The minimum Gasteiger partial charge on any atom is -0.497 e. The van der Waals surface area contributed by atoms with Gasteiger partial charge in [-0.25, -0.2) is 9.97 Å². The maximum atomic E-state index is 5.70. The van der Waals surface area contributed by atoms with Crippen LogP contribution in [0.1, 0.15) is 23.9 Å². The zero-order chi connectivity index (χ0) is 20.5. The van der Waals surface area contributed by atoms with Gasteiger partial charge in [0.1, 0.15) is 24.0 Å². The van der Waals surface area contributed by atoms with E-state index in [9.17, 15) is 0 Å². The van der Waals surface area contributed by atoms with E-state index < -0.39 is 0 Å². The van der Waals surface area contributed by atoms with Gasteiger partial charge >= 0.3 is 0 Å². The Morgan fingerprint density at radius 2 is 2.10 bits per heavy atom. The number of aromatic nitrogens is 5. The Balaban J connectivity index is 0.000000994. The van der Waals surface area contributed by atoms with Crippen molar-refractivity contribution in [1.82, 2.24) is 24.3 Å². The number of ether oxygens (including phenoxy) is 1. The van der Waals surface area contributed by atoms with Gasteiger partial charge < -0.3 is 19.1 Å². The van der Waals surface area contributed by atoms with Crippen molar-refractivity contribution in [2.45, 2.75) is 19.8 Å². The van der Waals surface area contributed by atoms with Gasteiger partial charge in [0, 0.05) is 30.8 Å². The second kappa shape index (κ2) is 7.38. The van der Waals surface area contributed by atoms with Crippen molar-refractivity contribution in [1.29, 1.82) is 5.41 Å². The van der Waals surface area contributed by atoms with Crippen molar-refractivity contribution < 1.29 is 9.15 Å². The fourth-order valence-electron chi connectivity index (χ4n) is 3.62. The third-order valence-electron chi connectivity index (χ3n) is 4.96. The molecule has 4 aromatic rings. The first-order valence-electron chi connectivity index (χ1n) is 9.25. The predicted molar refractivity (Wildman–Crippen MR) is 110 cm³/mol. The van der Waals surface area contributed by atoms with Crippen LogP contribution in [0.15, 0.2) is 41.4 Å². The number of oxazole rings is 1. The average Bonchev–Trinajstić information content (AvgIpc) is 3.46. The Morgan fingerprint density at radius 3 is 2.83 bits per heavy atom. The van der Waals surface area contributed by atoms with E-state index >= 15 is 0 Å². The summed E-state index contributed by atoms with van der Waals surface area (Å²) in [6.07, 6.45) is 7.11. The summed E-state index contributed by atoms with van der Waals surface area (Å²) < 4.78 is 15.1. The van der Waals surface area contributed by atoms with Gasteiger partial charge in [0.2, 0.25) is 5.89 Å². The number of nitrogens with zero attached hydrogens (tertiary/aromatic N) is 5. The van der Waals surface area contributed by atoms with Gasteiger partial charge in [-0.15, -0.1) is 0 Å². The van der Waals surface area contributed by atoms with Gasteiger partial charge in [0.25, 0.3) is 0 Å². The molecule has 8 nitrogen and oxygen atoms in total. The van der Waals surface area contributed by atoms with Crippen molar-refractivity contribution >= 4 is 6.72 Å². The predicted octanol–water partition coefficient (Wildman–Crippen LogP) is 3.67. The smallest absolute Gasteiger partial charge is 0.247 e. The lowest BCUT2D eigenvalue weighted by Crippen LogP contribution is -2.00. The molecule has 1 N–H and O–H groups in total. The highest BCUT2D eigenvalue weighted by Crippen LogP contribution is 2.38. The normalized spacial score (nSPS) is 11.6. The lowest BCUT2D eigenvalue weighted by molar-refractivity contribution is 0.415. The van der Waals surface area contributed by atoms with Crippen LogP contribution in [-0.2, 0) is 19.9 Å². The second-order valence-electron chi connectivity index (χ2n) is 6.64. The number of benzene rings is 1. The maximum Gasteiger partial charge on any atom is 0.247 e. The molecule has 8 heteroatoms. The molecule has 29 heavy (non-hydrogen) atoms. The Bertz CT molecular complexity index is 1170. The molecular weight excluding hydrogens is 368 g/mol. The molecule has 1 aliphatic heterocycles.